The van der Waals surface area contributed by atoms with E-state index in [4.69, 9.17) is 9.47 Å². The molecule has 3 rings (SSSR count). The summed E-state index contributed by atoms with van der Waals surface area (Å²) in [7, 11) is 3.30. The van der Waals surface area contributed by atoms with Gasteiger partial charge in [0.15, 0.2) is 11.5 Å². The van der Waals surface area contributed by atoms with Gasteiger partial charge in [0.05, 0.1) is 14.2 Å². The number of nitrogens with one attached hydrogen (secondary N) is 1. The van der Waals surface area contributed by atoms with Gasteiger partial charge in [-0.05, 0) is 61.5 Å². The van der Waals surface area contributed by atoms with Crippen LogP contribution in [-0.2, 0) is 17.8 Å². The van der Waals surface area contributed by atoms with E-state index in [0.717, 1.165) is 50.4 Å². The molecule has 0 bridgehead atoms. The number of methoxy groups -OCH3 is 2. The van der Waals surface area contributed by atoms with E-state index in [2.05, 4.69) is 5.32 Å². The summed E-state index contributed by atoms with van der Waals surface area (Å²) in [5, 5.41) is 3.35. The fraction of sp³-hybridized carbons (Fsp3) is 0.611. The van der Waals surface area contributed by atoms with Crippen LogP contribution in [0.25, 0.3) is 0 Å². The number of benzene rings is 1. The number of carbonyl (C=O) groups excluding carboxylic acids is 1. The van der Waals surface area contributed by atoms with Crippen molar-refractivity contribution < 1.29 is 14.3 Å². The molecule has 0 atom stereocenters. The topological polar surface area (TPSA) is 50.8 Å². The number of nitrogens with zero attached hydrogens (tertiary/aromatic N) is 1. The van der Waals surface area contributed by atoms with Crippen molar-refractivity contribution >= 4 is 5.91 Å². The van der Waals surface area contributed by atoms with Crippen LogP contribution in [0, 0.1) is 5.92 Å². The first-order chi connectivity index (χ1) is 11.2. The molecular weight excluding hydrogens is 292 g/mol. The highest BCUT2D eigenvalue weighted by Crippen LogP contribution is 2.33. The Morgan fingerprint density at radius 3 is 2.48 bits per heavy atom. The molecule has 126 valence electrons. The van der Waals surface area contributed by atoms with Gasteiger partial charge >= 0.3 is 0 Å². The van der Waals surface area contributed by atoms with Gasteiger partial charge in [0, 0.05) is 19.5 Å². The van der Waals surface area contributed by atoms with E-state index < -0.39 is 0 Å². The van der Waals surface area contributed by atoms with Crippen LogP contribution in [0.3, 0.4) is 0 Å². The minimum absolute atomic E-state index is 0.289. The quantitative estimate of drug-likeness (QED) is 0.922. The molecular formula is C18H26N2O3. The number of piperidine rings is 1. The van der Waals surface area contributed by atoms with Gasteiger partial charge in [0.25, 0.3) is 0 Å². The third-order valence-corrected chi connectivity index (χ3v) is 4.99. The average Bonchev–Trinajstić information content (AvgIpc) is 2.60. The van der Waals surface area contributed by atoms with Crippen molar-refractivity contribution in [3.63, 3.8) is 0 Å². The minimum atomic E-state index is 0.289. The number of hydrogen-bond acceptors (Lipinski definition) is 4. The first-order valence-corrected chi connectivity index (χ1v) is 8.43. The first-order valence-electron chi connectivity index (χ1n) is 8.43. The van der Waals surface area contributed by atoms with E-state index in [-0.39, 0.29) is 5.91 Å². The van der Waals surface area contributed by atoms with Crippen LogP contribution in [0.5, 0.6) is 11.5 Å². The van der Waals surface area contributed by atoms with E-state index >= 15 is 0 Å². The Balaban J connectivity index is 1.68. The van der Waals surface area contributed by atoms with E-state index in [1.165, 1.54) is 11.1 Å². The molecule has 1 aromatic rings. The molecule has 0 radical (unpaired) electrons. The maximum atomic E-state index is 12.6. The third-order valence-electron chi connectivity index (χ3n) is 4.99. The van der Waals surface area contributed by atoms with E-state index in [0.29, 0.717) is 18.9 Å². The van der Waals surface area contributed by atoms with Crippen molar-refractivity contribution in [1.82, 2.24) is 10.2 Å². The summed E-state index contributed by atoms with van der Waals surface area (Å²) >= 11 is 0. The zero-order chi connectivity index (χ0) is 16.2. The Hall–Kier alpha value is -1.75. The second kappa shape index (κ2) is 7.21. The molecule has 0 aromatic heterocycles. The molecule has 2 aliphatic heterocycles. The Bertz CT molecular complexity index is 568. The van der Waals surface area contributed by atoms with Crippen molar-refractivity contribution in [3.8, 4) is 11.5 Å². The summed E-state index contributed by atoms with van der Waals surface area (Å²) in [5.41, 5.74) is 2.43. The highest BCUT2D eigenvalue weighted by atomic mass is 16.5. The summed E-state index contributed by atoms with van der Waals surface area (Å²) in [6, 6.07) is 4.06. The van der Waals surface area contributed by atoms with Crippen molar-refractivity contribution in [2.75, 3.05) is 33.9 Å². The van der Waals surface area contributed by atoms with Gasteiger partial charge < -0.3 is 19.7 Å². The highest BCUT2D eigenvalue weighted by molar-refractivity contribution is 5.77. The lowest BCUT2D eigenvalue weighted by atomic mass is 9.93. The van der Waals surface area contributed by atoms with Crippen LogP contribution in [0.4, 0.5) is 0 Å². The van der Waals surface area contributed by atoms with Crippen molar-refractivity contribution in [2.24, 2.45) is 5.92 Å². The highest BCUT2D eigenvalue weighted by Gasteiger charge is 2.25. The molecule has 0 aliphatic carbocycles. The molecule has 2 heterocycles. The maximum absolute atomic E-state index is 12.6. The SMILES string of the molecule is COc1cc2c(cc1OC)CN(C(=O)CC1CCNCC1)CC2. The average molecular weight is 318 g/mol. The normalized spacial score (nSPS) is 18.4. The monoisotopic (exact) mass is 318 g/mol. The van der Waals surface area contributed by atoms with Crippen molar-refractivity contribution in [1.29, 1.82) is 0 Å². The number of carbonyl (C=O) groups is 1. The smallest absolute Gasteiger partial charge is 0.223 e. The largest absolute Gasteiger partial charge is 0.493 e. The number of amides is 1. The maximum Gasteiger partial charge on any atom is 0.223 e. The fourth-order valence-corrected chi connectivity index (χ4v) is 3.56. The fourth-order valence-electron chi connectivity index (χ4n) is 3.56. The second-order valence-electron chi connectivity index (χ2n) is 6.44. The molecule has 2 aliphatic rings. The summed E-state index contributed by atoms with van der Waals surface area (Å²) in [6.07, 6.45) is 3.79. The zero-order valence-electron chi connectivity index (χ0n) is 14.1. The molecule has 0 saturated carbocycles. The zero-order valence-corrected chi connectivity index (χ0v) is 14.1. The minimum Gasteiger partial charge on any atom is -0.493 e. The van der Waals surface area contributed by atoms with Crippen LogP contribution in [-0.4, -0.2) is 44.7 Å². The molecule has 0 unspecified atom stereocenters. The van der Waals surface area contributed by atoms with Gasteiger partial charge in [-0.3, -0.25) is 4.79 Å². The van der Waals surface area contributed by atoms with Crippen LogP contribution < -0.4 is 14.8 Å². The molecule has 5 nitrogen and oxygen atoms in total. The second-order valence-corrected chi connectivity index (χ2v) is 6.44. The molecule has 1 amide bonds. The third kappa shape index (κ3) is 3.61. The molecule has 1 saturated heterocycles. The molecule has 0 spiro atoms. The molecule has 1 N–H and O–H groups in total. The Labute approximate surface area is 137 Å². The van der Waals surface area contributed by atoms with Gasteiger partial charge in [0.2, 0.25) is 5.91 Å². The predicted molar refractivity (Wildman–Crippen MR) is 88.9 cm³/mol. The molecule has 23 heavy (non-hydrogen) atoms. The Kier molecular flexibility index (Phi) is 5.06. The molecule has 1 aromatic carbocycles. The summed E-state index contributed by atoms with van der Waals surface area (Å²) < 4.78 is 10.7. The number of rotatable bonds is 4. The van der Waals surface area contributed by atoms with E-state index in [1.807, 2.05) is 17.0 Å². The molecule has 1 fully saturated rings. The number of fused-ring (bicyclic) bond motifs is 1. The molecule has 5 heteroatoms. The Morgan fingerprint density at radius 1 is 1.17 bits per heavy atom. The van der Waals surface area contributed by atoms with Gasteiger partial charge in [0.1, 0.15) is 0 Å². The Morgan fingerprint density at radius 2 is 1.83 bits per heavy atom. The van der Waals surface area contributed by atoms with Crippen molar-refractivity contribution in [2.45, 2.75) is 32.2 Å². The lowest BCUT2D eigenvalue weighted by Crippen LogP contribution is -2.38. The lowest BCUT2D eigenvalue weighted by molar-refractivity contribution is -0.133. The van der Waals surface area contributed by atoms with Crippen LogP contribution in [0.2, 0.25) is 0 Å². The van der Waals surface area contributed by atoms with E-state index in [9.17, 15) is 4.79 Å². The predicted octanol–water partition coefficient (Wildman–Crippen LogP) is 1.98. The number of hydrogen-bond donors (Lipinski definition) is 1. The number of ether oxygens (including phenoxy) is 2. The summed E-state index contributed by atoms with van der Waals surface area (Å²) in [6.45, 7) is 3.56. The van der Waals surface area contributed by atoms with E-state index in [1.54, 1.807) is 14.2 Å². The van der Waals surface area contributed by atoms with Gasteiger partial charge in [-0.1, -0.05) is 0 Å². The van der Waals surface area contributed by atoms with Crippen LogP contribution >= 0.6 is 0 Å². The van der Waals surface area contributed by atoms with Crippen LogP contribution in [0.1, 0.15) is 30.4 Å². The van der Waals surface area contributed by atoms with Crippen LogP contribution in [0.15, 0.2) is 12.1 Å². The lowest BCUT2D eigenvalue weighted by Gasteiger charge is -2.31. The van der Waals surface area contributed by atoms with Gasteiger partial charge in [-0.2, -0.15) is 0 Å². The first kappa shape index (κ1) is 16.1. The summed E-state index contributed by atoms with van der Waals surface area (Å²) in [4.78, 5) is 14.6. The van der Waals surface area contributed by atoms with Gasteiger partial charge in [-0.15, -0.1) is 0 Å². The standard InChI is InChI=1S/C18H26N2O3/c1-22-16-10-14-5-8-20(12-15(14)11-17(16)23-2)18(21)9-13-3-6-19-7-4-13/h10-11,13,19H,3-9,12H2,1-2H3. The van der Waals surface area contributed by atoms with Gasteiger partial charge in [-0.25, -0.2) is 0 Å². The summed E-state index contributed by atoms with van der Waals surface area (Å²) in [5.74, 6) is 2.33. The van der Waals surface area contributed by atoms with Crippen molar-refractivity contribution in [3.05, 3.63) is 23.3 Å².